The quantitative estimate of drug-likeness (QED) is 0.622. The molecule has 0 radical (unpaired) electrons. The van der Waals surface area contributed by atoms with E-state index in [1.54, 1.807) is 19.1 Å². The average Bonchev–Trinajstić information content (AvgIpc) is 2.21. The van der Waals surface area contributed by atoms with E-state index in [9.17, 15) is 4.79 Å². The number of nitrogens with two attached hydrogens (primary N) is 1. The van der Waals surface area contributed by atoms with E-state index in [4.69, 9.17) is 22.7 Å². The minimum Gasteiger partial charge on any atom is -0.462 e. The molecule has 0 fully saturated rings. The fourth-order valence-corrected chi connectivity index (χ4v) is 2.62. The minimum absolute atomic E-state index is 0.0820. The van der Waals surface area contributed by atoms with Gasteiger partial charge in [-0.25, -0.2) is 4.79 Å². The summed E-state index contributed by atoms with van der Waals surface area (Å²) in [5.74, 6) is -0.437. The van der Waals surface area contributed by atoms with Gasteiger partial charge in [0.2, 0.25) is 0 Å². The molecule has 0 heterocycles. The van der Waals surface area contributed by atoms with Crippen molar-refractivity contribution in [2.45, 2.75) is 6.92 Å². The third-order valence-electron chi connectivity index (χ3n) is 1.80. The highest BCUT2D eigenvalue weighted by Crippen LogP contribution is 2.31. The van der Waals surface area contributed by atoms with Gasteiger partial charge >= 0.3 is 5.97 Å². The highest BCUT2D eigenvalue weighted by atomic mass is 79.9. The maximum atomic E-state index is 11.8. The zero-order valence-corrected chi connectivity index (χ0v) is 12.9. The number of nitrogens with one attached hydrogen (secondary N) is 1. The van der Waals surface area contributed by atoms with Crippen LogP contribution in [0.25, 0.3) is 0 Å². The predicted octanol–water partition coefficient (Wildman–Crippen LogP) is 3.04. The molecule has 0 atom stereocenters. The largest absolute Gasteiger partial charge is 0.462 e. The fraction of sp³-hybridized carbons (Fsp3) is 0.200. The second-order valence-electron chi connectivity index (χ2n) is 3.02. The number of halogens is 2. The van der Waals surface area contributed by atoms with Crippen LogP contribution >= 0.6 is 44.1 Å². The van der Waals surface area contributed by atoms with Crippen LogP contribution in [0.2, 0.25) is 0 Å². The van der Waals surface area contributed by atoms with Crippen molar-refractivity contribution in [3.05, 3.63) is 26.6 Å². The molecule has 0 saturated carbocycles. The lowest BCUT2D eigenvalue weighted by Crippen LogP contribution is -2.21. The van der Waals surface area contributed by atoms with Crippen LogP contribution in [0.5, 0.6) is 0 Å². The summed E-state index contributed by atoms with van der Waals surface area (Å²) >= 11 is 11.4. The molecule has 92 valence electrons. The first-order chi connectivity index (χ1) is 7.95. The third-order valence-corrected chi connectivity index (χ3v) is 2.98. The van der Waals surface area contributed by atoms with E-state index in [1.807, 2.05) is 0 Å². The summed E-state index contributed by atoms with van der Waals surface area (Å²) in [5, 5.41) is 2.83. The van der Waals surface area contributed by atoms with Crippen LogP contribution in [0, 0.1) is 0 Å². The van der Waals surface area contributed by atoms with Crippen molar-refractivity contribution in [1.29, 1.82) is 0 Å². The highest BCUT2D eigenvalue weighted by molar-refractivity contribution is 9.11. The lowest BCUT2D eigenvalue weighted by Gasteiger charge is -2.12. The topological polar surface area (TPSA) is 64.3 Å². The lowest BCUT2D eigenvalue weighted by atomic mass is 10.2. The number of hydrogen-bond acceptors (Lipinski definition) is 3. The molecule has 0 aromatic heterocycles. The second kappa shape index (κ2) is 6.32. The fourth-order valence-electron chi connectivity index (χ4n) is 1.19. The lowest BCUT2D eigenvalue weighted by molar-refractivity contribution is 0.0527. The van der Waals surface area contributed by atoms with E-state index in [-0.39, 0.29) is 5.11 Å². The Balaban J connectivity index is 3.24. The van der Waals surface area contributed by atoms with Gasteiger partial charge in [0.05, 0.1) is 17.9 Å². The summed E-state index contributed by atoms with van der Waals surface area (Å²) in [6, 6.07) is 3.42. The van der Waals surface area contributed by atoms with Crippen molar-refractivity contribution in [2.24, 2.45) is 5.73 Å². The first kappa shape index (κ1) is 14.4. The van der Waals surface area contributed by atoms with Gasteiger partial charge < -0.3 is 15.8 Å². The first-order valence-corrected chi connectivity index (χ1v) is 6.67. The van der Waals surface area contributed by atoms with Gasteiger partial charge in [0.25, 0.3) is 0 Å². The predicted molar refractivity (Wildman–Crippen MR) is 78.2 cm³/mol. The van der Waals surface area contributed by atoms with Crippen LogP contribution in [0.15, 0.2) is 21.1 Å². The molecule has 0 bridgehead atoms. The Morgan fingerprint density at radius 1 is 1.53 bits per heavy atom. The van der Waals surface area contributed by atoms with Crippen molar-refractivity contribution in [3.63, 3.8) is 0 Å². The molecule has 0 aliphatic carbocycles. The average molecular weight is 382 g/mol. The van der Waals surface area contributed by atoms with Crippen LogP contribution in [0.4, 0.5) is 5.69 Å². The Morgan fingerprint density at radius 2 is 2.18 bits per heavy atom. The molecule has 1 rings (SSSR count). The van der Waals surface area contributed by atoms with Gasteiger partial charge in [0, 0.05) is 8.95 Å². The SMILES string of the molecule is CCOC(=O)c1cc(Br)cc(Br)c1NC(N)=S. The van der Waals surface area contributed by atoms with Gasteiger partial charge in [-0.15, -0.1) is 0 Å². The number of carbonyl (C=O) groups excluding carboxylic acids is 1. The third kappa shape index (κ3) is 3.93. The van der Waals surface area contributed by atoms with Crippen LogP contribution in [0.3, 0.4) is 0 Å². The molecule has 7 heteroatoms. The Kier molecular flexibility index (Phi) is 5.35. The molecule has 0 unspecified atom stereocenters. The van der Waals surface area contributed by atoms with Crippen molar-refractivity contribution in [3.8, 4) is 0 Å². The van der Waals surface area contributed by atoms with Gasteiger partial charge in [-0.3, -0.25) is 0 Å². The maximum Gasteiger partial charge on any atom is 0.340 e. The molecule has 1 aromatic carbocycles. The van der Waals surface area contributed by atoms with E-state index in [0.29, 0.717) is 22.3 Å². The number of anilines is 1. The van der Waals surface area contributed by atoms with Crippen molar-refractivity contribution < 1.29 is 9.53 Å². The minimum atomic E-state index is -0.437. The Hall–Kier alpha value is -0.660. The molecular formula is C10H10Br2N2O2S. The monoisotopic (exact) mass is 380 g/mol. The normalized spacial score (nSPS) is 9.82. The van der Waals surface area contributed by atoms with Crippen LogP contribution < -0.4 is 11.1 Å². The molecule has 0 amide bonds. The Morgan fingerprint density at radius 3 is 2.71 bits per heavy atom. The molecule has 0 saturated heterocycles. The van der Waals surface area contributed by atoms with Crippen LogP contribution in [0.1, 0.15) is 17.3 Å². The maximum absolute atomic E-state index is 11.8. The molecule has 0 aliphatic heterocycles. The molecule has 4 nitrogen and oxygen atoms in total. The van der Waals surface area contributed by atoms with E-state index in [0.717, 1.165) is 4.47 Å². The number of thiocarbonyl (C=S) groups is 1. The molecule has 17 heavy (non-hydrogen) atoms. The summed E-state index contributed by atoms with van der Waals surface area (Å²) in [6.45, 7) is 2.04. The smallest absolute Gasteiger partial charge is 0.340 e. The number of rotatable bonds is 3. The highest BCUT2D eigenvalue weighted by Gasteiger charge is 2.16. The van der Waals surface area contributed by atoms with E-state index in [2.05, 4.69) is 37.2 Å². The standard InChI is InChI=1S/C10H10Br2N2O2S/c1-2-16-9(15)6-3-5(11)4-7(12)8(6)14-10(13)17/h3-4H,2H2,1H3,(H3,13,14,17). The van der Waals surface area contributed by atoms with Crippen molar-refractivity contribution in [2.75, 3.05) is 11.9 Å². The summed E-state index contributed by atoms with van der Waals surface area (Å²) in [4.78, 5) is 11.8. The zero-order chi connectivity index (χ0) is 13.0. The molecule has 0 spiro atoms. The van der Waals surface area contributed by atoms with E-state index < -0.39 is 5.97 Å². The van der Waals surface area contributed by atoms with E-state index in [1.165, 1.54) is 0 Å². The number of esters is 1. The first-order valence-electron chi connectivity index (χ1n) is 4.68. The van der Waals surface area contributed by atoms with Crippen LogP contribution in [-0.4, -0.2) is 17.7 Å². The van der Waals surface area contributed by atoms with Gasteiger partial charge in [-0.05, 0) is 47.2 Å². The van der Waals surface area contributed by atoms with Gasteiger partial charge in [-0.2, -0.15) is 0 Å². The Bertz CT molecular complexity index is 466. The van der Waals surface area contributed by atoms with Crippen molar-refractivity contribution in [1.82, 2.24) is 0 Å². The van der Waals surface area contributed by atoms with E-state index >= 15 is 0 Å². The molecule has 1 aromatic rings. The van der Waals surface area contributed by atoms with Gasteiger partial charge in [0.1, 0.15) is 0 Å². The number of carbonyl (C=O) groups is 1. The number of ether oxygens (including phenoxy) is 1. The number of benzene rings is 1. The number of hydrogen-bond donors (Lipinski definition) is 2. The summed E-state index contributed by atoms with van der Waals surface area (Å²) in [5.41, 5.74) is 6.27. The van der Waals surface area contributed by atoms with Gasteiger partial charge in [-0.1, -0.05) is 15.9 Å². The zero-order valence-electron chi connectivity index (χ0n) is 8.92. The summed E-state index contributed by atoms with van der Waals surface area (Å²) in [7, 11) is 0. The summed E-state index contributed by atoms with van der Waals surface area (Å²) in [6.07, 6.45) is 0. The second-order valence-corrected chi connectivity index (χ2v) is 5.23. The Labute approximate surface area is 121 Å². The molecule has 0 aliphatic rings. The summed E-state index contributed by atoms with van der Waals surface area (Å²) < 4.78 is 6.38. The molecule has 3 N–H and O–H groups in total. The molecular weight excluding hydrogens is 372 g/mol. The van der Waals surface area contributed by atoms with Gasteiger partial charge in [0.15, 0.2) is 5.11 Å². The van der Waals surface area contributed by atoms with Crippen LogP contribution in [-0.2, 0) is 4.74 Å². The van der Waals surface area contributed by atoms with Crippen molar-refractivity contribution >= 4 is 60.8 Å².